The van der Waals surface area contributed by atoms with E-state index < -0.39 is 27.4 Å². The van der Waals surface area contributed by atoms with Crippen LogP contribution in [-0.2, 0) is 5.54 Å². The standard InChI is InChI=1S/C17H20N4O5S/c1-17(2,3)20-9-11(16(23)24)13(22)10-8-12(21(25)26)15(18-14(10)20)19-4-6-27-7-5-19/h8-9H,4-7H2,1-3H3,(H,23,24). The third kappa shape index (κ3) is 3.48. The number of carboxylic acid groups (broad SMARTS) is 1. The summed E-state index contributed by atoms with van der Waals surface area (Å²) in [6.45, 7) is 6.79. The number of pyridine rings is 2. The zero-order valence-corrected chi connectivity index (χ0v) is 16.1. The highest BCUT2D eigenvalue weighted by molar-refractivity contribution is 7.99. The summed E-state index contributed by atoms with van der Waals surface area (Å²) in [5.41, 5.74) is -1.82. The zero-order chi connectivity index (χ0) is 19.9. The lowest BCUT2D eigenvalue weighted by Crippen LogP contribution is -2.34. The molecule has 1 aliphatic heterocycles. The summed E-state index contributed by atoms with van der Waals surface area (Å²) >= 11 is 1.77. The van der Waals surface area contributed by atoms with Crippen molar-refractivity contribution in [2.75, 3.05) is 29.5 Å². The molecule has 144 valence electrons. The van der Waals surface area contributed by atoms with Crippen LogP contribution in [0.1, 0.15) is 31.1 Å². The molecule has 0 amide bonds. The predicted octanol–water partition coefficient (Wildman–Crippen LogP) is 2.31. The monoisotopic (exact) mass is 392 g/mol. The van der Waals surface area contributed by atoms with E-state index >= 15 is 0 Å². The molecule has 1 N–H and O–H groups in total. The number of rotatable bonds is 3. The van der Waals surface area contributed by atoms with Crippen molar-refractivity contribution in [3.05, 3.63) is 38.2 Å². The van der Waals surface area contributed by atoms with Gasteiger partial charge in [0.25, 0.3) is 0 Å². The van der Waals surface area contributed by atoms with Crippen molar-refractivity contribution in [1.29, 1.82) is 0 Å². The Morgan fingerprint density at radius 3 is 2.48 bits per heavy atom. The van der Waals surface area contributed by atoms with Crippen LogP contribution < -0.4 is 10.3 Å². The molecule has 0 saturated carbocycles. The van der Waals surface area contributed by atoms with Gasteiger partial charge in [-0.25, -0.2) is 9.78 Å². The largest absolute Gasteiger partial charge is 0.477 e. The molecule has 9 nitrogen and oxygen atoms in total. The average molecular weight is 392 g/mol. The van der Waals surface area contributed by atoms with Crippen LogP contribution in [0.25, 0.3) is 11.0 Å². The van der Waals surface area contributed by atoms with E-state index in [0.29, 0.717) is 13.1 Å². The van der Waals surface area contributed by atoms with E-state index in [0.717, 1.165) is 17.6 Å². The van der Waals surface area contributed by atoms with Crippen molar-refractivity contribution in [2.45, 2.75) is 26.3 Å². The predicted molar refractivity (Wildman–Crippen MR) is 104 cm³/mol. The van der Waals surface area contributed by atoms with Gasteiger partial charge in [-0.1, -0.05) is 0 Å². The summed E-state index contributed by atoms with van der Waals surface area (Å²) in [5.74, 6) is 0.509. The number of fused-ring (bicyclic) bond motifs is 1. The quantitative estimate of drug-likeness (QED) is 0.624. The number of hydrogen-bond donors (Lipinski definition) is 1. The van der Waals surface area contributed by atoms with Gasteiger partial charge in [0.2, 0.25) is 11.2 Å². The minimum atomic E-state index is -1.38. The number of hydrogen-bond acceptors (Lipinski definition) is 7. The first-order valence-electron chi connectivity index (χ1n) is 8.42. The fourth-order valence-electron chi connectivity index (χ4n) is 3.03. The Balaban J connectivity index is 2.40. The summed E-state index contributed by atoms with van der Waals surface area (Å²) < 4.78 is 1.60. The normalized spacial score (nSPS) is 15.1. The van der Waals surface area contributed by atoms with Gasteiger partial charge in [0, 0.05) is 42.4 Å². The Hall–Kier alpha value is -2.62. The van der Waals surface area contributed by atoms with E-state index in [9.17, 15) is 24.8 Å². The van der Waals surface area contributed by atoms with Gasteiger partial charge in [-0.2, -0.15) is 11.8 Å². The number of carboxylic acids is 1. The van der Waals surface area contributed by atoms with Gasteiger partial charge < -0.3 is 14.6 Å². The molecule has 0 radical (unpaired) electrons. The third-order valence-electron chi connectivity index (χ3n) is 4.40. The van der Waals surface area contributed by atoms with Crippen LogP contribution in [0, 0.1) is 10.1 Å². The number of thioether (sulfide) groups is 1. The number of aromatic carboxylic acids is 1. The first-order chi connectivity index (χ1) is 12.6. The van der Waals surface area contributed by atoms with Crippen molar-refractivity contribution in [2.24, 2.45) is 0 Å². The molecular weight excluding hydrogens is 372 g/mol. The molecule has 0 bridgehead atoms. The maximum absolute atomic E-state index is 12.6. The molecule has 0 spiro atoms. The SMILES string of the molecule is CC(C)(C)n1cc(C(=O)O)c(=O)c2cc([N+](=O)[O-])c(N3CCSCC3)nc21. The van der Waals surface area contributed by atoms with Crippen LogP contribution in [0.5, 0.6) is 0 Å². The maximum atomic E-state index is 12.6. The Morgan fingerprint density at radius 2 is 1.96 bits per heavy atom. The summed E-state index contributed by atoms with van der Waals surface area (Å²) in [6.07, 6.45) is 1.27. The third-order valence-corrected chi connectivity index (χ3v) is 5.34. The number of nitrogens with zero attached hydrogens (tertiary/aromatic N) is 4. The van der Waals surface area contributed by atoms with E-state index in [4.69, 9.17) is 0 Å². The Kier molecular flexibility index (Phi) is 4.85. The Morgan fingerprint density at radius 1 is 1.33 bits per heavy atom. The highest BCUT2D eigenvalue weighted by Gasteiger charge is 2.29. The second kappa shape index (κ2) is 6.84. The van der Waals surface area contributed by atoms with Crippen LogP contribution in [-0.4, -0.2) is 50.1 Å². The molecule has 27 heavy (non-hydrogen) atoms. The van der Waals surface area contributed by atoms with E-state index in [-0.39, 0.29) is 22.5 Å². The first kappa shape index (κ1) is 19.2. The number of nitro groups is 1. The fourth-order valence-corrected chi connectivity index (χ4v) is 3.94. The molecule has 2 aromatic rings. The summed E-state index contributed by atoms with van der Waals surface area (Å²) in [7, 11) is 0. The van der Waals surface area contributed by atoms with Crippen LogP contribution in [0.3, 0.4) is 0 Å². The van der Waals surface area contributed by atoms with Gasteiger partial charge in [0.15, 0.2) is 0 Å². The lowest BCUT2D eigenvalue weighted by molar-refractivity contribution is -0.384. The molecule has 1 aliphatic rings. The molecule has 0 aromatic carbocycles. The number of carbonyl (C=O) groups is 1. The van der Waals surface area contributed by atoms with Gasteiger partial charge >= 0.3 is 11.7 Å². The lowest BCUT2D eigenvalue weighted by Gasteiger charge is -2.29. The van der Waals surface area contributed by atoms with E-state index in [1.165, 1.54) is 6.20 Å². The molecule has 0 atom stereocenters. The zero-order valence-electron chi connectivity index (χ0n) is 15.3. The molecule has 0 unspecified atom stereocenters. The molecular formula is C17H20N4O5S. The topological polar surface area (TPSA) is 119 Å². The lowest BCUT2D eigenvalue weighted by atomic mass is 10.1. The second-order valence-electron chi connectivity index (χ2n) is 7.28. The molecule has 10 heteroatoms. The maximum Gasteiger partial charge on any atom is 0.341 e. The first-order valence-corrected chi connectivity index (χ1v) is 9.58. The van der Waals surface area contributed by atoms with Gasteiger partial charge in [-0.15, -0.1) is 0 Å². The highest BCUT2D eigenvalue weighted by Crippen LogP contribution is 2.32. The van der Waals surface area contributed by atoms with E-state index in [1.54, 1.807) is 16.3 Å². The van der Waals surface area contributed by atoms with Crippen molar-refractivity contribution < 1.29 is 14.8 Å². The molecule has 2 aromatic heterocycles. The van der Waals surface area contributed by atoms with Crippen molar-refractivity contribution in [3.63, 3.8) is 0 Å². The van der Waals surface area contributed by atoms with Crippen molar-refractivity contribution in [3.8, 4) is 0 Å². The van der Waals surface area contributed by atoms with E-state index in [2.05, 4.69) is 4.98 Å². The average Bonchev–Trinajstić information content (AvgIpc) is 2.60. The van der Waals surface area contributed by atoms with Gasteiger partial charge in [0.05, 0.1) is 10.3 Å². The van der Waals surface area contributed by atoms with Gasteiger partial charge in [-0.05, 0) is 20.8 Å². The molecule has 3 heterocycles. The smallest absolute Gasteiger partial charge is 0.341 e. The summed E-state index contributed by atoms with van der Waals surface area (Å²) in [4.78, 5) is 41.5. The molecule has 3 rings (SSSR count). The van der Waals surface area contributed by atoms with Crippen molar-refractivity contribution in [1.82, 2.24) is 9.55 Å². The van der Waals surface area contributed by atoms with Crippen LogP contribution in [0.4, 0.5) is 11.5 Å². The van der Waals surface area contributed by atoms with Crippen LogP contribution >= 0.6 is 11.8 Å². The van der Waals surface area contributed by atoms with Crippen LogP contribution in [0.2, 0.25) is 0 Å². The highest BCUT2D eigenvalue weighted by atomic mass is 32.2. The minimum absolute atomic E-state index is 0.0633. The summed E-state index contributed by atoms with van der Waals surface area (Å²) in [6, 6.07) is 1.16. The molecule has 1 fully saturated rings. The Labute approximate surface area is 159 Å². The minimum Gasteiger partial charge on any atom is -0.477 e. The Bertz CT molecular complexity index is 989. The van der Waals surface area contributed by atoms with Crippen LogP contribution in [0.15, 0.2) is 17.1 Å². The van der Waals surface area contributed by atoms with Crippen molar-refractivity contribution >= 4 is 40.3 Å². The fraction of sp³-hybridized carbons (Fsp3) is 0.471. The molecule has 0 aliphatic carbocycles. The van der Waals surface area contributed by atoms with Gasteiger partial charge in [-0.3, -0.25) is 14.9 Å². The summed E-state index contributed by atoms with van der Waals surface area (Å²) in [5, 5.41) is 20.9. The van der Waals surface area contributed by atoms with E-state index in [1.807, 2.05) is 25.7 Å². The number of aromatic nitrogens is 2. The van der Waals surface area contributed by atoms with Gasteiger partial charge in [0.1, 0.15) is 11.2 Å². The molecule has 1 saturated heterocycles. The second-order valence-corrected chi connectivity index (χ2v) is 8.50. The number of anilines is 1.